The monoisotopic (exact) mass is 460 g/mol. The van der Waals surface area contributed by atoms with Gasteiger partial charge in [0.2, 0.25) is 0 Å². The van der Waals surface area contributed by atoms with Crippen LogP contribution in [0.1, 0.15) is 100 Å². The van der Waals surface area contributed by atoms with E-state index in [1.807, 2.05) is 6.92 Å². The van der Waals surface area contributed by atoms with E-state index >= 15 is 4.39 Å². The summed E-state index contributed by atoms with van der Waals surface area (Å²) in [6.45, 7) is 4.13. The molecule has 0 heterocycles. The van der Waals surface area contributed by atoms with E-state index in [0.717, 1.165) is 12.3 Å². The second kappa shape index (κ2) is 10.6. The van der Waals surface area contributed by atoms with Crippen LogP contribution in [0.4, 0.5) is 17.6 Å². The third-order valence-electron chi connectivity index (χ3n) is 7.88. The molecule has 0 saturated heterocycles. The minimum atomic E-state index is -1.04. The molecule has 0 bridgehead atoms. The van der Waals surface area contributed by atoms with E-state index < -0.39 is 23.3 Å². The quantitative estimate of drug-likeness (QED) is 0.221. The number of hydrogen-bond donors (Lipinski definition) is 0. The molecule has 0 radical (unpaired) electrons. The minimum absolute atomic E-state index is 0.0849. The third kappa shape index (κ3) is 5.00. The molecule has 0 atom stereocenters. The molecule has 1 fully saturated rings. The predicted octanol–water partition coefficient (Wildman–Crippen LogP) is 9.09. The molecule has 0 unspecified atom stereocenters. The number of unbranched alkanes of at least 4 members (excludes halogenated alkanes) is 2. The topological polar surface area (TPSA) is 0 Å². The lowest BCUT2D eigenvalue weighted by Crippen LogP contribution is -2.15. The van der Waals surface area contributed by atoms with Crippen molar-refractivity contribution < 1.29 is 17.6 Å². The van der Waals surface area contributed by atoms with E-state index in [9.17, 15) is 13.2 Å². The Balaban J connectivity index is 1.46. The van der Waals surface area contributed by atoms with E-state index in [1.54, 1.807) is 12.1 Å². The highest BCUT2D eigenvalue weighted by Gasteiger charge is 2.32. The summed E-state index contributed by atoms with van der Waals surface area (Å²) >= 11 is 0. The highest BCUT2D eigenvalue weighted by Crippen LogP contribution is 2.44. The largest absolute Gasteiger partial charge is 0.203 e. The van der Waals surface area contributed by atoms with Crippen molar-refractivity contribution in [3.63, 3.8) is 0 Å². The van der Waals surface area contributed by atoms with Crippen LogP contribution in [0.15, 0.2) is 12.1 Å². The van der Waals surface area contributed by atoms with Crippen LogP contribution in [0.2, 0.25) is 0 Å². The van der Waals surface area contributed by atoms with Crippen molar-refractivity contribution in [1.82, 2.24) is 0 Å². The van der Waals surface area contributed by atoms with Gasteiger partial charge in [-0.05, 0) is 59.8 Å². The third-order valence-corrected chi connectivity index (χ3v) is 7.88. The van der Waals surface area contributed by atoms with Crippen molar-refractivity contribution in [2.75, 3.05) is 0 Å². The molecule has 180 valence electrons. The summed E-state index contributed by atoms with van der Waals surface area (Å²) in [6, 6.07) is 3.33. The fourth-order valence-corrected chi connectivity index (χ4v) is 5.98. The van der Waals surface area contributed by atoms with Gasteiger partial charge in [0.15, 0.2) is 23.3 Å². The van der Waals surface area contributed by atoms with Gasteiger partial charge in [-0.3, -0.25) is 0 Å². The minimum Gasteiger partial charge on any atom is -0.203 e. The van der Waals surface area contributed by atoms with Crippen LogP contribution < -0.4 is 0 Å². The number of aryl methyl sites for hydroxylation is 2. The van der Waals surface area contributed by atoms with E-state index in [-0.39, 0.29) is 11.1 Å². The molecule has 0 aromatic heterocycles. The molecule has 0 N–H and O–H groups in total. The Kier molecular flexibility index (Phi) is 7.81. The van der Waals surface area contributed by atoms with Crippen molar-refractivity contribution in [3.05, 3.63) is 57.7 Å². The SMILES string of the molecule is CCCCCC1CCC(CCc2cc3c(c(F)c2F)-c2c(cc(CCC)c(F)c2F)C3)CC1. The van der Waals surface area contributed by atoms with Crippen molar-refractivity contribution in [1.29, 1.82) is 0 Å². The maximum Gasteiger partial charge on any atom is 0.167 e. The highest BCUT2D eigenvalue weighted by atomic mass is 19.2. The molecule has 33 heavy (non-hydrogen) atoms. The van der Waals surface area contributed by atoms with Crippen LogP contribution >= 0.6 is 0 Å². The van der Waals surface area contributed by atoms with Crippen LogP contribution in [-0.2, 0) is 19.3 Å². The van der Waals surface area contributed by atoms with Crippen molar-refractivity contribution >= 4 is 0 Å². The Morgan fingerprint density at radius 2 is 1.15 bits per heavy atom. The first-order valence-electron chi connectivity index (χ1n) is 12.9. The standard InChI is InChI=1S/C29H36F4/c1-3-5-6-8-18-9-11-19(12-10-18)13-14-21-16-23-17-22-15-20(7-4-2)26(30)28(32)24(22)25(23)29(33)27(21)31/h15-16,18-19H,3-14,17H2,1-2H3. The van der Waals surface area contributed by atoms with Crippen LogP contribution in [0.3, 0.4) is 0 Å². The molecule has 2 aromatic rings. The maximum atomic E-state index is 15.1. The smallest absolute Gasteiger partial charge is 0.167 e. The summed E-state index contributed by atoms with van der Waals surface area (Å²) < 4.78 is 59.4. The molecular weight excluding hydrogens is 424 g/mol. The van der Waals surface area contributed by atoms with Crippen LogP contribution in [0, 0.1) is 35.1 Å². The van der Waals surface area contributed by atoms with Gasteiger partial charge in [0.25, 0.3) is 0 Å². The molecule has 4 heteroatoms. The van der Waals surface area contributed by atoms with Gasteiger partial charge >= 0.3 is 0 Å². The zero-order valence-corrected chi connectivity index (χ0v) is 20.0. The summed E-state index contributed by atoms with van der Waals surface area (Å²) in [4.78, 5) is 0. The Hall–Kier alpha value is -1.84. The molecule has 2 aliphatic rings. The van der Waals surface area contributed by atoms with Gasteiger partial charge in [0, 0.05) is 11.1 Å². The van der Waals surface area contributed by atoms with Gasteiger partial charge in [-0.2, -0.15) is 0 Å². The van der Waals surface area contributed by atoms with Gasteiger partial charge in [0.05, 0.1) is 0 Å². The number of rotatable bonds is 9. The normalized spacial score (nSPS) is 19.6. The molecule has 0 nitrogen and oxygen atoms in total. The molecular formula is C29H36F4. The Morgan fingerprint density at radius 3 is 1.67 bits per heavy atom. The maximum absolute atomic E-state index is 15.1. The summed E-state index contributed by atoms with van der Waals surface area (Å²) in [6.07, 6.45) is 12.8. The Bertz CT molecular complexity index is 986. The number of halogens is 4. The predicted molar refractivity (Wildman–Crippen MR) is 126 cm³/mol. The van der Waals surface area contributed by atoms with Crippen molar-refractivity contribution in [3.8, 4) is 11.1 Å². The summed E-state index contributed by atoms with van der Waals surface area (Å²) in [5.41, 5.74) is 1.64. The van der Waals surface area contributed by atoms with E-state index in [0.29, 0.717) is 53.9 Å². The second-order valence-electron chi connectivity index (χ2n) is 10.2. The van der Waals surface area contributed by atoms with Crippen molar-refractivity contribution in [2.24, 2.45) is 11.8 Å². The molecule has 0 spiro atoms. The fraction of sp³-hybridized carbons (Fsp3) is 0.586. The first-order valence-corrected chi connectivity index (χ1v) is 12.9. The first kappa shape index (κ1) is 24.3. The molecule has 0 aliphatic heterocycles. The lowest BCUT2D eigenvalue weighted by molar-refractivity contribution is 0.248. The molecule has 1 saturated carbocycles. The van der Waals surface area contributed by atoms with E-state index in [1.165, 1.54) is 51.4 Å². The van der Waals surface area contributed by atoms with Crippen molar-refractivity contribution in [2.45, 2.75) is 97.3 Å². The Morgan fingerprint density at radius 1 is 0.636 bits per heavy atom. The van der Waals surface area contributed by atoms with Crippen LogP contribution in [-0.4, -0.2) is 0 Å². The molecule has 4 rings (SSSR count). The Labute approximate surface area is 195 Å². The highest BCUT2D eigenvalue weighted by molar-refractivity contribution is 5.79. The fourth-order valence-electron chi connectivity index (χ4n) is 5.98. The molecule has 2 aliphatic carbocycles. The second-order valence-corrected chi connectivity index (χ2v) is 10.2. The van der Waals surface area contributed by atoms with Gasteiger partial charge in [-0.1, -0.05) is 83.8 Å². The summed E-state index contributed by atoms with van der Waals surface area (Å²) in [5.74, 6) is -2.51. The first-order chi connectivity index (χ1) is 15.9. The van der Waals surface area contributed by atoms with Gasteiger partial charge < -0.3 is 0 Å². The molecule has 2 aromatic carbocycles. The van der Waals surface area contributed by atoms with Gasteiger partial charge in [0.1, 0.15) is 0 Å². The average molecular weight is 461 g/mol. The van der Waals surface area contributed by atoms with Gasteiger partial charge in [-0.15, -0.1) is 0 Å². The lowest BCUT2D eigenvalue weighted by atomic mass is 9.77. The zero-order valence-electron chi connectivity index (χ0n) is 20.0. The lowest BCUT2D eigenvalue weighted by Gasteiger charge is -2.28. The summed E-state index contributed by atoms with van der Waals surface area (Å²) in [7, 11) is 0. The number of fused-ring (bicyclic) bond motifs is 3. The van der Waals surface area contributed by atoms with E-state index in [4.69, 9.17) is 0 Å². The van der Waals surface area contributed by atoms with Crippen LogP contribution in [0.25, 0.3) is 11.1 Å². The van der Waals surface area contributed by atoms with Gasteiger partial charge in [-0.25, -0.2) is 17.6 Å². The number of benzene rings is 2. The molecule has 0 amide bonds. The average Bonchev–Trinajstić information content (AvgIpc) is 3.18. The zero-order chi connectivity index (χ0) is 23.5. The van der Waals surface area contributed by atoms with E-state index in [2.05, 4.69) is 6.92 Å². The number of hydrogen-bond acceptors (Lipinski definition) is 0. The summed E-state index contributed by atoms with van der Waals surface area (Å²) in [5, 5.41) is 0. The van der Waals surface area contributed by atoms with Crippen LogP contribution in [0.5, 0.6) is 0 Å².